The predicted octanol–water partition coefficient (Wildman–Crippen LogP) is 3.28. The molecular formula is C15H11FN2O3. The number of nitrogens with zero attached hydrogens (tertiary/aromatic N) is 1. The number of H-pyrrole nitrogens is 1. The van der Waals surface area contributed by atoms with Crippen molar-refractivity contribution in [2.75, 3.05) is 7.11 Å². The maximum atomic E-state index is 13.4. The Labute approximate surface area is 119 Å². The van der Waals surface area contributed by atoms with Gasteiger partial charge in [0.2, 0.25) is 5.88 Å². The highest BCUT2D eigenvalue weighted by Gasteiger charge is 2.15. The second kappa shape index (κ2) is 5.24. The molecule has 2 aromatic heterocycles. The number of hydrogen-bond acceptors (Lipinski definition) is 4. The summed E-state index contributed by atoms with van der Waals surface area (Å²) in [6.07, 6.45) is 3.37. The number of pyridine rings is 1. The molecule has 0 unspecified atom stereocenters. The van der Waals surface area contributed by atoms with Crippen LogP contribution in [0.15, 0.2) is 42.7 Å². The number of aromatic amines is 1. The van der Waals surface area contributed by atoms with Crippen molar-refractivity contribution in [3.05, 3.63) is 54.1 Å². The van der Waals surface area contributed by atoms with Gasteiger partial charge in [0.15, 0.2) is 0 Å². The minimum atomic E-state index is -0.604. The summed E-state index contributed by atoms with van der Waals surface area (Å²) in [5.41, 5.74) is 0.990. The van der Waals surface area contributed by atoms with Crippen molar-refractivity contribution in [3.63, 3.8) is 0 Å². The van der Waals surface area contributed by atoms with Gasteiger partial charge in [-0.25, -0.2) is 14.2 Å². The molecule has 3 aromatic rings. The highest BCUT2D eigenvalue weighted by Crippen LogP contribution is 2.27. The number of halogens is 1. The molecule has 6 heteroatoms. The van der Waals surface area contributed by atoms with Crippen LogP contribution < -0.4 is 4.74 Å². The smallest absolute Gasteiger partial charge is 0.341 e. The predicted molar refractivity (Wildman–Crippen MR) is 73.9 cm³/mol. The van der Waals surface area contributed by atoms with E-state index in [1.165, 1.54) is 19.2 Å². The summed E-state index contributed by atoms with van der Waals surface area (Å²) in [6.45, 7) is 0. The van der Waals surface area contributed by atoms with E-state index < -0.39 is 11.8 Å². The lowest BCUT2D eigenvalue weighted by atomic mass is 10.2. The molecule has 0 saturated heterocycles. The van der Waals surface area contributed by atoms with Crippen molar-refractivity contribution in [1.29, 1.82) is 0 Å². The molecule has 0 atom stereocenters. The number of rotatable bonds is 3. The van der Waals surface area contributed by atoms with E-state index in [0.717, 1.165) is 17.0 Å². The standard InChI is InChI=1S/C15H11FN2O3/c1-20-15(19)11-3-2-10(16)7-13(11)21-14-6-9-4-5-17-12(9)8-18-14/h2-8,17H,1H3. The van der Waals surface area contributed by atoms with Crippen LogP contribution in [0.25, 0.3) is 10.9 Å². The Morgan fingerprint density at radius 2 is 2.14 bits per heavy atom. The van der Waals surface area contributed by atoms with E-state index >= 15 is 0 Å². The van der Waals surface area contributed by atoms with Gasteiger partial charge in [-0.05, 0) is 18.2 Å². The SMILES string of the molecule is COC(=O)c1ccc(F)cc1Oc1cc2cc[nH]c2cn1. The molecule has 1 aromatic carbocycles. The first kappa shape index (κ1) is 13.1. The van der Waals surface area contributed by atoms with Crippen LogP contribution in [0.3, 0.4) is 0 Å². The molecule has 0 aliphatic carbocycles. The quantitative estimate of drug-likeness (QED) is 0.750. The number of benzene rings is 1. The minimum Gasteiger partial charge on any atom is -0.465 e. The van der Waals surface area contributed by atoms with Crippen molar-refractivity contribution in [2.45, 2.75) is 0 Å². The Kier molecular flexibility index (Phi) is 3.27. The lowest BCUT2D eigenvalue weighted by Crippen LogP contribution is -2.04. The van der Waals surface area contributed by atoms with Gasteiger partial charge in [0.05, 0.1) is 18.8 Å². The topological polar surface area (TPSA) is 64.2 Å². The normalized spacial score (nSPS) is 10.6. The molecule has 0 spiro atoms. The summed E-state index contributed by atoms with van der Waals surface area (Å²) < 4.78 is 23.5. The number of fused-ring (bicyclic) bond motifs is 1. The number of carbonyl (C=O) groups is 1. The molecule has 0 aliphatic heterocycles. The van der Waals surface area contributed by atoms with Gasteiger partial charge in [-0.2, -0.15) is 0 Å². The molecule has 0 bridgehead atoms. The highest BCUT2D eigenvalue weighted by atomic mass is 19.1. The third kappa shape index (κ3) is 2.55. The Morgan fingerprint density at radius 1 is 1.29 bits per heavy atom. The zero-order valence-electron chi connectivity index (χ0n) is 11.1. The van der Waals surface area contributed by atoms with Gasteiger partial charge in [-0.15, -0.1) is 0 Å². The van der Waals surface area contributed by atoms with Crippen molar-refractivity contribution in [2.24, 2.45) is 0 Å². The molecule has 0 aliphatic rings. The van der Waals surface area contributed by atoms with Crippen LogP contribution in [0.1, 0.15) is 10.4 Å². The largest absolute Gasteiger partial charge is 0.465 e. The van der Waals surface area contributed by atoms with Gasteiger partial charge in [-0.1, -0.05) is 0 Å². The second-order valence-electron chi connectivity index (χ2n) is 4.32. The third-order valence-corrected chi connectivity index (χ3v) is 2.98. The van der Waals surface area contributed by atoms with Gasteiger partial charge < -0.3 is 14.5 Å². The summed E-state index contributed by atoms with van der Waals surface area (Å²) in [5.74, 6) is -0.796. The minimum absolute atomic E-state index is 0.0595. The highest BCUT2D eigenvalue weighted by molar-refractivity contribution is 5.92. The Hall–Kier alpha value is -2.89. The van der Waals surface area contributed by atoms with Gasteiger partial charge in [0.25, 0.3) is 0 Å². The molecule has 106 valence electrons. The van der Waals surface area contributed by atoms with E-state index in [2.05, 4.69) is 14.7 Å². The second-order valence-corrected chi connectivity index (χ2v) is 4.32. The Balaban J connectivity index is 1.99. The fourth-order valence-electron chi connectivity index (χ4n) is 1.96. The fourth-order valence-corrected chi connectivity index (χ4v) is 1.96. The monoisotopic (exact) mass is 286 g/mol. The molecular weight excluding hydrogens is 275 g/mol. The van der Waals surface area contributed by atoms with Crippen LogP contribution in [0.4, 0.5) is 4.39 Å². The van der Waals surface area contributed by atoms with E-state index in [1.54, 1.807) is 18.5 Å². The Morgan fingerprint density at radius 3 is 2.95 bits per heavy atom. The van der Waals surface area contributed by atoms with Crippen molar-refractivity contribution >= 4 is 16.9 Å². The molecule has 3 rings (SSSR count). The van der Waals surface area contributed by atoms with Crippen molar-refractivity contribution < 1.29 is 18.7 Å². The maximum Gasteiger partial charge on any atom is 0.341 e. The van der Waals surface area contributed by atoms with Crippen LogP contribution in [0.5, 0.6) is 11.6 Å². The van der Waals surface area contributed by atoms with Crippen LogP contribution in [0, 0.1) is 5.82 Å². The lowest BCUT2D eigenvalue weighted by molar-refractivity contribution is 0.0598. The molecule has 5 nitrogen and oxygen atoms in total. The summed E-state index contributed by atoms with van der Waals surface area (Å²) in [4.78, 5) is 18.8. The first-order valence-electron chi connectivity index (χ1n) is 6.16. The van der Waals surface area contributed by atoms with E-state index in [0.29, 0.717) is 0 Å². The molecule has 0 saturated carbocycles. The van der Waals surface area contributed by atoms with Crippen LogP contribution in [-0.2, 0) is 4.74 Å². The average molecular weight is 286 g/mol. The number of carbonyl (C=O) groups excluding carboxylic acids is 1. The number of nitrogens with one attached hydrogen (secondary N) is 1. The number of hydrogen-bond donors (Lipinski definition) is 1. The van der Waals surface area contributed by atoms with Crippen LogP contribution >= 0.6 is 0 Å². The van der Waals surface area contributed by atoms with E-state index in [-0.39, 0.29) is 17.2 Å². The van der Waals surface area contributed by atoms with E-state index in [1.807, 2.05) is 6.07 Å². The molecule has 1 N–H and O–H groups in total. The number of esters is 1. The summed E-state index contributed by atoms with van der Waals surface area (Å²) >= 11 is 0. The maximum absolute atomic E-state index is 13.4. The molecule has 0 amide bonds. The fraction of sp³-hybridized carbons (Fsp3) is 0.0667. The third-order valence-electron chi connectivity index (χ3n) is 2.98. The molecule has 0 fully saturated rings. The average Bonchev–Trinajstić information content (AvgIpc) is 2.94. The zero-order chi connectivity index (χ0) is 14.8. The molecule has 0 radical (unpaired) electrons. The van der Waals surface area contributed by atoms with Gasteiger partial charge in [0, 0.05) is 23.7 Å². The summed E-state index contributed by atoms with van der Waals surface area (Å²) in [5, 5.41) is 0.899. The van der Waals surface area contributed by atoms with Gasteiger partial charge in [-0.3, -0.25) is 0 Å². The molecule has 21 heavy (non-hydrogen) atoms. The zero-order valence-corrected chi connectivity index (χ0v) is 11.1. The van der Waals surface area contributed by atoms with E-state index in [9.17, 15) is 9.18 Å². The summed E-state index contributed by atoms with van der Waals surface area (Å²) in [6, 6.07) is 7.15. The van der Waals surface area contributed by atoms with Gasteiger partial charge in [0.1, 0.15) is 17.1 Å². The summed E-state index contributed by atoms with van der Waals surface area (Å²) in [7, 11) is 1.25. The molecule has 2 heterocycles. The number of aromatic nitrogens is 2. The first-order valence-corrected chi connectivity index (χ1v) is 6.16. The first-order chi connectivity index (χ1) is 10.2. The number of ether oxygens (including phenoxy) is 2. The van der Waals surface area contributed by atoms with Gasteiger partial charge >= 0.3 is 5.97 Å². The van der Waals surface area contributed by atoms with Crippen molar-refractivity contribution in [3.8, 4) is 11.6 Å². The Bertz CT molecular complexity index is 814. The number of methoxy groups -OCH3 is 1. The lowest BCUT2D eigenvalue weighted by Gasteiger charge is -2.09. The van der Waals surface area contributed by atoms with Crippen LogP contribution in [-0.4, -0.2) is 23.0 Å². The van der Waals surface area contributed by atoms with Crippen molar-refractivity contribution in [1.82, 2.24) is 9.97 Å². The van der Waals surface area contributed by atoms with Crippen LogP contribution in [0.2, 0.25) is 0 Å². The van der Waals surface area contributed by atoms with E-state index in [4.69, 9.17) is 4.74 Å².